The fraction of sp³-hybridized carbons (Fsp3) is 0.353. The van der Waals surface area contributed by atoms with Crippen molar-refractivity contribution < 1.29 is 4.39 Å². The molecule has 1 aromatic heterocycles. The Labute approximate surface area is 119 Å². The van der Waals surface area contributed by atoms with Crippen LogP contribution in [0.4, 0.5) is 4.39 Å². The minimum absolute atomic E-state index is 0.114. The number of hydrogen-bond donors (Lipinski definition) is 1. The van der Waals surface area contributed by atoms with Gasteiger partial charge in [-0.25, -0.2) is 4.39 Å². The smallest absolute Gasteiger partial charge is 0.126 e. The number of rotatable bonds is 3. The zero-order valence-corrected chi connectivity index (χ0v) is 11.9. The van der Waals surface area contributed by atoms with E-state index in [9.17, 15) is 4.39 Å². The van der Waals surface area contributed by atoms with Crippen LogP contribution in [-0.4, -0.2) is 4.98 Å². The molecule has 3 heteroatoms. The Morgan fingerprint density at radius 2 is 2.20 bits per heavy atom. The summed E-state index contributed by atoms with van der Waals surface area (Å²) in [6.07, 6.45) is 3.97. The molecular formula is C17H19FN2. The lowest BCUT2D eigenvalue weighted by Gasteiger charge is -2.20. The first kappa shape index (κ1) is 13.3. The van der Waals surface area contributed by atoms with E-state index in [0.717, 1.165) is 24.1 Å². The lowest BCUT2D eigenvalue weighted by Crippen LogP contribution is -2.23. The van der Waals surface area contributed by atoms with Crippen LogP contribution < -0.4 is 5.32 Å². The Kier molecular flexibility index (Phi) is 3.53. The molecule has 0 radical (unpaired) electrons. The number of pyridine rings is 1. The second kappa shape index (κ2) is 5.33. The monoisotopic (exact) mass is 270 g/mol. The van der Waals surface area contributed by atoms with Crippen LogP contribution in [0, 0.1) is 12.7 Å². The van der Waals surface area contributed by atoms with Crippen LogP contribution >= 0.6 is 0 Å². The Morgan fingerprint density at radius 1 is 1.35 bits per heavy atom. The third-order valence-electron chi connectivity index (χ3n) is 4.11. The quantitative estimate of drug-likeness (QED) is 0.916. The van der Waals surface area contributed by atoms with E-state index in [0.29, 0.717) is 5.56 Å². The summed E-state index contributed by atoms with van der Waals surface area (Å²) in [5.41, 5.74) is 4.14. The van der Waals surface area contributed by atoms with Gasteiger partial charge < -0.3 is 5.32 Å². The van der Waals surface area contributed by atoms with Crippen molar-refractivity contribution in [2.45, 2.75) is 38.8 Å². The fourth-order valence-electron chi connectivity index (χ4n) is 2.85. The molecule has 1 aliphatic carbocycles. The summed E-state index contributed by atoms with van der Waals surface area (Å²) in [4.78, 5) is 4.48. The minimum Gasteiger partial charge on any atom is -0.302 e. The van der Waals surface area contributed by atoms with Crippen molar-refractivity contribution in [3.63, 3.8) is 0 Å². The number of hydrogen-bond acceptors (Lipinski definition) is 2. The van der Waals surface area contributed by atoms with Crippen LogP contribution in [0.15, 0.2) is 36.5 Å². The highest BCUT2D eigenvalue weighted by Crippen LogP contribution is 2.31. The molecule has 1 aromatic carbocycles. The van der Waals surface area contributed by atoms with Crippen LogP contribution in [0.1, 0.15) is 47.8 Å². The van der Waals surface area contributed by atoms with Gasteiger partial charge in [-0.2, -0.15) is 0 Å². The van der Waals surface area contributed by atoms with Gasteiger partial charge in [0.05, 0.1) is 11.7 Å². The van der Waals surface area contributed by atoms with Gasteiger partial charge >= 0.3 is 0 Å². The number of fused-ring (bicyclic) bond motifs is 1. The molecule has 0 saturated heterocycles. The maximum Gasteiger partial charge on any atom is 0.126 e. The van der Waals surface area contributed by atoms with Gasteiger partial charge in [0.15, 0.2) is 0 Å². The number of aromatic nitrogens is 1. The lowest BCUT2D eigenvalue weighted by atomic mass is 10.0. The molecule has 2 nitrogen and oxygen atoms in total. The Morgan fingerprint density at radius 3 is 3.00 bits per heavy atom. The molecule has 0 saturated carbocycles. The maximum atomic E-state index is 13.7. The molecule has 3 rings (SSSR count). The SMILES string of the molecule is Cc1ccc(C(C)NC2CCc3cccnc32)cc1F. The zero-order chi connectivity index (χ0) is 14.1. The molecule has 20 heavy (non-hydrogen) atoms. The predicted octanol–water partition coefficient (Wildman–Crippen LogP) is 3.87. The molecule has 0 bridgehead atoms. The highest BCUT2D eigenvalue weighted by atomic mass is 19.1. The van der Waals surface area contributed by atoms with E-state index in [1.807, 2.05) is 24.4 Å². The molecule has 0 fully saturated rings. The topological polar surface area (TPSA) is 24.9 Å². The molecule has 104 valence electrons. The number of nitrogens with zero attached hydrogens (tertiary/aromatic N) is 1. The number of aryl methyl sites for hydroxylation is 2. The second-order valence-corrected chi connectivity index (χ2v) is 5.54. The van der Waals surface area contributed by atoms with E-state index in [-0.39, 0.29) is 17.9 Å². The minimum atomic E-state index is -0.138. The van der Waals surface area contributed by atoms with Gasteiger partial charge in [-0.3, -0.25) is 4.98 Å². The van der Waals surface area contributed by atoms with E-state index >= 15 is 0 Å². The van der Waals surface area contributed by atoms with Crippen molar-refractivity contribution in [1.82, 2.24) is 10.3 Å². The van der Waals surface area contributed by atoms with Crippen molar-refractivity contribution in [3.05, 3.63) is 64.7 Å². The summed E-state index contributed by atoms with van der Waals surface area (Å²) in [7, 11) is 0. The van der Waals surface area contributed by atoms with Crippen molar-refractivity contribution in [2.24, 2.45) is 0 Å². The highest BCUT2D eigenvalue weighted by Gasteiger charge is 2.24. The van der Waals surface area contributed by atoms with E-state index in [1.165, 1.54) is 5.56 Å². The molecule has 1 aliphatic rings. The van der Waals surface area contributed by atoms with Gasteiger partial charge in [0.25, 0.3) is 0 Å². The van der Waals surface area contributed by atoms with Gasteiger partial charge in [0, 0.05) is 12.2 Å². The largest absolute Gasteiger partial charge is 0.302 e. The van der Waals surface area contributed by atoms with Crippen LogP contribution in [0.3, 0.4) is 0 Å². The van der Waals surface area contributed by atoms with Crippen LogP contribution in [0.25, 0.3) is 0 Å². The summed E-state index contributed by atoms with van der Waals surface area (Å²) in [5, 5.41) is 3.57. The average molecular weight is 270 g/mol. The van der Waals surface area contributed by atoms with Gasteiger partial charge in [-0.15, -0.1) is 0 Å². The molecule has 1 N–H and O–H groups in total. The fourth-order valence-corrected chi connectivity index (χ4v) is 2.85. The zero-order valence-electron chi connectivity index (χ0n) is 11.9. The molecule has 2 atom stereocenters. The van der Waals surface area contributed by atoms with Gasteiger partial charge in [0.1, 0.15) is 5.82 Å². The molecule has 2 unspecified atom stereocenters. The molecular weight excluding hydrogens is 251 g/mol. The molecule has 2 aromatic rings. The maximum absolute atomic E-state index is 13.7. The van der Waals surface area contributed by atoms with Gasteiger partial charge in [0.2, 0.25) is 0 Å². The second-order valence-electron chi connectivity index (χ2n) is 5.54. The standard InChI is InChI=1S/C17H19FN2/c1-11-5-6-14(10-15(11)18)12(2)20-16-8-7-13-4-3-9-19-17(13)16/h3-6,9-10,12,16,20H,7-8H2,1-2H3. The van der Waals surface area contributed by atoms with E-state index in [2.05, 4.69) is 23.3 Å². The third kappa shape index (κ3) is 2.46. The van der Waals surface area contributed by atoms with Gasteiger partial charge in [-0.1, -0.05) is 18.2 Å². The molecule has 0 amide bonds. The van der Waals surface area contributed by atoms with Crippen LogP contribution in [0.2, 0.25) is 0 Å². The summed E-state index contributed by atoms with van der Waals surface area (Å²) in [5.74, 6) is -0.138. The Hall–Kier alpha value is -1.74. The average Bonchev–Trinajstić information content (AvgIpc) is 2.85. The molecule has 1 heterocycles. The first-order valence-corrected chi connectivity index (χ1v) is 7.11. The first-order valence-electron chi connectivity index (χ1n) is 7.11. The third-order valence-corrected chi connectivity index (χ3v) is 4.11. The highest BCUT2D eigenvalue weighted by molar-refractivity contribution is 5.29. The van der Waals surface area contributed by atoms with E-state index in [4.69, 9.17) is 0 Å². The molecule has 0 spiro atoms. The summed E-state index contributed by atoms with van der Waals surface area (Å²) >= 11 is 0. The first-order chi connectivity index (χ1) is 9.65. The van der Waals surface area contributed by atoms with Crippen molar-refractivity contribution in [1.29, 1.82) is 0 Å². The van der Waals surface area contributed by atoms with Crippen molar-refractivity contribution in [2.75, 3.05) is 0 Å². The van der Waals surface area contributed by atoms with Crippen LogP contribution in [-0.2, 0) is 6.42 Å². The number of benzene rings is 1. The number of nitrogens with one attached hydrogen (secondary N) is 1. The van der Waals surface area contributed by atoms with Crippen molar-refractivity contribution in [3.8, 4) is 0 Å². The summed E-state index contributed by atoms with van der Waals surface area (Å²) in [6.45, 7) is 3.86. The van der Waals surface area contributed by atoms with E-state index in [1.54, 1.807) is 13.0 Å². The predicted molar refractivity (Wildman–Crippen MR) is 78.0 cm³/mol. The number of halogens is 1. The lowest BCUT2D eigenvalue weighted by molar-refractivity contribution is 0.456. The van der Waals surface area contributed by atoms with Crippen molar-refractivity contribution >= 4 is 0 Å². The normalized spacial score (nSPS) is 18.9. The molecule has 0 aliphatic heterocycles. The van der Waals surface area contributed by atoms with Gasteiger partial charge in [-0.05, 0) is 55.5 Å². The van der Waals surface area contributed by atoms with Crippen LogP contribution in [0.5, 0.6) is 0 Å². The van der Waals surface area contributed by atoms with E-state index < -0.39 is 0 Å². The Bertz CT molecular complexity index is 624. The Balaban J connectivity index is 1.77. The summed E-state index contributed by atoms with van der Waals surface area (Å²) in [6, 6.07) is 9.96. The summed E-state index contributed by atoms with van der Waals surface area (Å²) < 4.78 is 13.7.